The predicted octanol–water partition coefficient (Wildman–Crippen LogP) is 5.42. The van der Waals surface area contributed by atoms with Crippen LogP contribution in [0.15, 0.2) is 86.0 Å². The molecule has 0 saturated heterocycles. The van der Waals surface area contributed by atoms with Gasteiger partial charge in [0, 0.05) is 36.1 Å². The summed E-state index contributed by atoms with van der Waals surface area (Å²) in [4.78, 5) is 8.66. The molecule has 4 aromatic heterocycles. The minimum atomic E-state index is -0.502. The molecule has 0 unspecified atom stereocenters. The number of benzene rings is 2. The number of aliphatic hydroxyl groups is 2. The van der Waals surface area contributed by atoms with Crippen LogP contribution in [0.3, 0.4) is 0 Å². The highest BCUT2D eigenvalue weighted by Gasteiger charge is 2.43. The maximum Gasteiger partial charge on any atom is 0.101 e. The first-order chi connectivity index (χ1) is 22.5. The number of rotatable bonds is 2. The van der Waals surface area contributed by atoms with Gasteiger partial charge in [0.25, 0.3) is 0 Å². The average molecular weight is 613 g/mol. The number of aryl methyl sites for hydroxylation is 4. The first-order valence-corrected chi connectivity index (χ1v) is 16.1. The molecule has 46 heavy (non-hydrogen) atoms. The normalized spacial score (nSPS) is 25.0. The van der Waals surface area contributed by atoms with Crippen molar-refractivity contribution in [2.75, 3.05) is 0 Å². The van der Waals surface area contributed by atoms with E-state index in [2.05, 4.69) is 77.8 Å². The molecule has 6 aromatic rings. The van der Waals surface area contributed by atoms with Gasteiger partial charge in [0.1, 0.15) is 12.2 Å². The van der Waals surface area contributed by atoms with Crippen LogP contribution in [0, 0.1) is 25.7 Å². The SMILES string of the molecule is Cc1cnn2c1[C@@H](O)[C@H]([C@H]1c3ccccc3-c3cncn31)CC2.Cc1cnn2c1[C@H](O)[C@@H]([C@@H]1c3ccccc3-c3cncn31)CC2. The van der Waals surface area contributed by atoms with Crippen molar-refractivity contribution in [3.63, 3.8) is 0 Å². The number of hydrogen-bond acceptors (Lipinski definition) is 6. The van der Waals surface area contributed by atoms with Crippen LogP contribution in [0.4, 0.5) is 0 Å². The van der Waals surface area contributed by atoms with E-state index in [1.165, 1.54) is 22.3 Å². The third-order valence-corrected chi connectivity index (χ3v) is 10.7. The van der Waals surface area contributed by atoms with Crippen molar-refractivity contribution in [1.29, 1.82) is 0 Å². The van der Waals surface area contributed by atoms with E-state index in [0.717, 1.165) is 59.8 Å². The quantitative estimate of drug-likeness (QED) is 0.270. The number of hydrogen-bond donors (Lipinski definition) is 2. The second-order valence-corrected chi connectivity index (χ2v) is 13.1. The lowest BCUT2D eigenvalue weighted by Crippen LogP contribution is -2.31. The van der Waals surface area contributed by atoms with E-state index >= 15 is 0 Å². The molecule has 0 spiro atoms. The van der Waals surface area contributed by atoms with Gasteiger partial charge in [-0.1, -0.05) is 48.5 Å². The van der Waals surface area contributed by atoms with Gasteiger partial charge in [-0.05, 0) is 48.9 Å². The number of fused-ring (bicyclic) bond motifs is 8. The van der Waals surface area contributed by atoms with Gasteiger partial charge in [-0.25, -0.2) is 9.97 Å². The van der Waals surface area contributed by atoms with Crippen LogP contribution < -0.4 is 0 Å². The van der Waals surface area contributed by atoms with Crippen LogP contribution >= 0.6 is 0 Å². The molecule has 10 heteroatoms. The molecule has 0 saturated carbocycles. The molecule has 8 heterocycles. The zero-order valence-corrected chi connectivity index (χ0v) is 25.8. The average Bonchev–Trinajstić information content (AvgIpc) is 3.91. The van der Waals surface area contributed by atoms with Gasteiger partial charge in [-0.2, -0.15) is 10.2 Å². The van der Waals surface area contributed by atoms with E-state index in [9.17, 15) is 10.2 Å². The number of nitrogens with zero attached hydrogens (tertiary/aromatic N) is 8. The molecule has 4 aliphatic heterocycles. The third-order valence-electron chi connectivity index (χ3n) is 10.7. The molecule has 10 nitrogen and oxygen atoms in total. The zero-order chi connectivity index (χ0) is 31.1. The van der Waals surface area contributed by atoms with E-state index in [4.69, 9.17) is 0 Å². The van der Waals surface area contributed by atoms with Crippen molar-refractivity contribution < 1.29 is 10.2 Å². The van der Waals surface area contributed by atoms with Crippen molar-refractivity contribution in [2.45, 2.75) is 64.1 Å². The molecule has 6 atom stereocenters. The second-order valence-electron chi connectivity index (χ2n) is 13.1. The van der Waals surface area contributed by atoms with Gasteiger partial charge in [-0.3, -0.25) is 9.36 Å². The van der Waals surface area contributed by atoms with E-state index in [1.54, 1.807) is 0 Å². The van der Waals surface area contributed by atoms with Gasteiger partial charge in [0.2, 0.25) is 0 Å². The summed E-state index contributed by atoms with van der Waals surface area (Å²) in [5, 5.41) is 30.9. The smallest absolute Gasteiger partial charge is 0.101 e. The Morgan fingerprint density at radius 3 is 1.50 bits per heavy atom. The molecule has 0 fully saturated rings. The van der Waals surface area contributed by atoms with Gasteiger partial charge in [0.05, 0.1) is 72.3 Å². The Morgan fingerprint density at radius 1 is 0.609 bits per heavy atom. The second kappa shape index (κ2) is 10.4. The van der Waals surface area contributed by atoms with Crippen molar-refractivity contribution in [1.82, 2.24) is 38.7 Å². The first-order valence-electron chi connectivity index (χ1n) is 16.1. The van der Waals surface area contributed by atoms with Gasteiger partial charge >= 0.3 is 0 Å². The maximum atomic E-state index is 11.0. The summed E-state index contributed by atoms with van der Waals surface area (Å²) in [5.74, 6) is 0.268. The Hall–Kier alpha value is -4.80. The Balaban J connectivity index is 0.000000127. The molecule has 0 aliphatic carbocycles. The standard InChI is InChI=1S/2C18H18N4O/c2*1-11-8-20-22-7-6-14(18(23)16(11)22)17-13-5-3-2-4-12(13)15-9-19-10-21(15)17/h2*2-5,8-10,14,17-18,23H,6-7H2,1H3/t2*14-,17+,18-/m10/s1. The molecule has 232 valence electrons. The first kappa shape index (κ1) is 27.5. The Labute approximate surface area is 266 Å². The van der Waals surface area contributed by atoms with Crippen molar-refractivity contribution in [3.8, 4) is 22.5 Å². The lowest BCUT2D eigenvalue weighted by molar-refractivity contribution is 0.0518. The fraction of sp³-hybridized carbons (Fsp3) is 0.333. The largest absolute Gasteiger partial charge is 0.386 e. The summed E-state index contributed by atoms with van der Waals surface area (Å²) >= 11 is 0. The molecule has 10 rings (SSSR count). The molecule has 0 radical (unpaired) electrons. The fourth-order valence-electron chi connectivity index (χ4n) is 8.65. The minimum Gasteiger partial charge on any atom is -0.386 e. The van der Waals surface area contributed by atoms with Crippen LogP contribution in [-0.2, 0) is 13.1 Å². The highest BCUT2D eigenvalue weighted by atomic mass is 16.3. The van der Waals surface area contributed by atoms with Crippen molar-refractivity contribution in [2.24, 2.45) is 11.8 Å². The highest BCUT2D eigenvalue weighted by Crippen LogP contribution is 2.50. The van der Waals surface area contributed by atoms with E-state index in [0.29, 0.717) is 0 Å². The highest BCUT2D eigenvalue weighted by molar-refractivity contribution is 5.70. The maximum absolute atomic E-state index is 11.0. The molecule has 0 bridgehead atoms. The van der Waals surface area contributed by atoms with Gasteiger partial charge < -0.3 is 19.3 Å². The van der Waals surface area contributed by atoms with Crippen LogP contribution in [0.25, 0.3) is 22.5 Å². The van der Waals surface area contributed by atoms with Crippen molar-refractivity contribution >= 4 is 0 Å². The zero-order valence-electron chi connectivity index (χ0n) is 25.8. The van der Waals surface area contributed by atoms with Crippen LogP contribution in [0.2, 0.25) is 0 Å². The van der Waals surface area contributed by atoms with Gasteiger partial charge in [0.15, 0.2) is 0 Å². The summed E-state index contributed by atoms with van der Waals surface area (Å²) in [6.07, 6.45) is 12.1. The predicted molar refractivity (Wildman–Crippen MR) is 172 cm³/mol. The molecule has 2 aromatic carbocycles. The summed E-state index contributed by atoms with van der Waals surface area (Å²) in [5.41, 5.74) is 11.4. The van der Waals surface area contributed by atoms with Crippen LogP contribution in [0.1, 0.15) is 70.8 Å². The van der Waals surface area contributed by atoms with Gasteiger partial charge in [-0.15, -0.1) is 0 Å². The summed E-state index contributed by atoms with van der Waals surface area (Å²) in [6, 6.07) is 17.2. The lowest BCUT2D eigenvalue weighted by Gasteiger charge is -2.34. The summed E-state index contributed by atoms with van der Waals surface area (Å²) in [7, 11) is 0. The number of aromatic nitrogens is 8. The Bertz CT molecular complexity index is 1940. The van der Waals surface area contributed by atoms with E-state index in [1.807, 2.05) is 60.7 Å². The molecule has 2 N–H and O–H groups in total. The fourth-order valence-corrected chi connectivity index (χ4v) is 8.65. The molecule has 0 amide bonds. The van der Waals surface area contributed by atoms with E-state index in [-0.39, 0.29) is 23.9 Å². The topological polar surface area (TPSA) is 112 Å². The number of aliphatic hydroxyl groups excluding tert-OH is 2. The van der Waals surface area contributed by atoms with Crippen LogP contribution in [0.5, 0.6) is 0 Å². The monoisotopic (exact) mass is 612 g/mol. The van der Waals surface area contributed by atoms with Crippen molar-refractivity contribution in [3.05, 3.63) is 120 Å². The minimum absolute atomic E-state index is 0.134. The number of imidazole rings is 2. The lowest BCUT2D eigenvalue weighted by atomic mass is 9.82. The van der Waals surface area contributed by atoms with Crippen LogP contribution in [-0.4, -0.2) is 48.9 Å². The molecular formula is C36H36N8O2. The Morgan fingerprint density at radius 2 is 1.04 bits per heavy atom. The van der Waals surface area contributed by atoms with E-state index < -0.39 is 12.2 Å². The third kappa shape index (κ3) is 3.89. The summed E-state index contributed by atoms with van der Waals surface area (Å²) < 4.78 is 8.35. The Kier molecular flexibility index (Phi) is 6.20. The summed E-state index contributed by atoms with van der Waals surface area (Å²) in [6.45, 7) is 5.76. The molecule has 4 aliphatic rings. The molecular weight excluding hydrogens is 576 g/mol.